The summed E-state index contributed by atoms with van der Waals surface area (Å²) in [5.41, 5.74) is 1.53. The maximum Gasteiger partial charge on any atom is 0.0985 e. The number of rotatable bonds is 6. The molecule has 1 spiro atoms. The fourth-order valence-electron chi connectivity index (χ4n) is 3.62. The second-order valence-electron chi connectivity index (χ2n) is 7.05. The molecular weight excluding hydrogens is 282 g/mol. The normalized spacial score (nSPS) is 28.1. The van der Waals surface area contributed by atoms with Crippen molar-refractivity contribution in [3.8, 4) is 0 Å². The Kier molecular flexibility index (Phi) is 3.82. The summed E-state index contributed by atoms with van der Waals surface area (Å²) in [5, 5.41) is 2.20. The molecule has 1 saturated carbocycles. The van der Waals surface area contributed by atoms with Gasteiger partial charge in [0.2, 0.25) is 0 Å². The Morgan fingerprint density at radius 1 is 1.33 bits per heavy atom. The minimum Gasteiger partial charge on any atom is -0.381 e. The van der Waals surface area contributed by atoms with Gasteiger partial charge < -0.3 is 9.47 Å². The van der Waals surface area contributed by atoms with Crippen LogP contribution in [-0.2, 0) is 16.0 Å². The van der Waals surface area contributed by atoms with Crippen LogP contribution in [0.3, 0.4) is 0 Å². The number of likely N-dealkylation sites (tertiary alicyclic amines) is 1. The van der Waals surface area contributed by atoms with Gasteiger partial charge in [-0.2, -0.15) is 0 Å². The number of hydrogen-bond donors (Lipinski definition) is 0. The minimum absolute atomic E-state index is 0.106. The summed E-state index contributed by atoms with van der Waals surface area (Å²) in [5.74, 6) is 1.47. The van der Waals surface area contributed by atoms with Crippen molar-refractivity contribution >= 4 is 11.3 Å². The van der Waals surface area contributed by atoms with Crippen LogP contribution in [0.5, 0.6) is 0 Å². The molecule has 0 radical (unpaired) electrons. The van der Waals surface area contributed by atoms with Gasteiger partial charge in [0.05, 0.1) is 12.2 Å². The predicted molar refractivity (Wildman–Crippen MR) is 84.7 cm³/mol. The summed E-state index contributed by atoms with van der Waals surface area (Å²) in [4.78, 5) is 4.03. The zero-order valence-electron chi connectivity index (χ0n) is 12.8. The van der Waals surface area contributed by atoms with E-state index in [0.717, 1.165) is 45.4 Å². The molecule has 21 heavy (non-hydrogen) atoms. The molecule has 116 valence electrons. The molecule has 0 N–H and O–H groups in total. The lowest BCUT2D eigenvalue weighted by atomic mass is 9.81. The van der Waals surface area contributed by atoms with Gasteiger partial charge in [0.1, 0.15) is 0 Å². The Morgan fingerprint density at radius 3 is 2.90 bits per heavy atom. The van der Waals surface area contributed by atoms with Crippen LogP contribution in [0.2, 0.25) is 0 Å². The van der Waals surface area contributed by atoms with Gasteiger partial charge in [-0.3, -0.25) is 4.90 Å². The summed E-state index contributed by atoms with van der Waals surface area (Å²) in [6.07, 6.45) is 3.93. The minimum atomic E-state index is 0.106. The number of thiophene rings is 1. The van der Waals surface area contributed by atoms with Crippen molar-refractivity contribution in [2.45, 2.75) is 38.3 Å². The SMILES string of the molecule is Cc1ccsc1CN1CC2(C1)OCC[C@@H]2COCC1CC1. The smallest absolute Gasteiger partial charge is 0.0985 e. The molecule has 0 aromatic carbocycles. The highest BCUT2D eigenvalue weighted by atomic mass is 32.1. The van der Waals surface area contributed by atoms with Gasteiger partial charge in [-0.25, -0.2) is 0 Å². The molecule has 1 atom stereocenters. The molecule has 0 bridgehead atoms. The summed E-state index contributed by atoms with van der Waals surface area (Å²) in [6, 6.07) is 2.22. The molecule has 2 saturated heterocycles. The standard InChI is InChI=1S/C17H25NO2S/c1-13-5-7-21-16(13)8-18-11-17(12-18)15(4-6-20-17)10-19-9-14-2-3-14/h5,7,14-15H,2-4,6,8-12H2,1H3/t15-/m1/s1. The van der Waals surface area contributed by atoms with Crippen molar-refractivity contribution in [2.75, 3.05) is 32.9 Å². The first-order valence-corrected chi connectivity index (χ1v) is 9.10. The summed E-state index contributed by atoms with van der Waals surface area (Å²) < 4.78 is 12.1. The third kappa shape index (κ3) is 2.91. The maximum absolute atomic E-state index is 6.12. The van der Waals surface area contributed by atoms with Crippen LogP contribution in [-0.4, -0.2) is 43.4 Å². The topological polar surface area (TPSA) is 21.7 Å². The molecule has 1 aromatic rings. The van der Waals surface area contributed by atoms with Gasteiger partial charge in [-0.1, -0.05) is 0 Å². The Bertz CT molecular complexity index is 491. The largest absolute Gasteiger partial charge is 0.381 e. The fourth-order valence-corrected chi connectivity index (χ4v) is 4.57. The molecule has 3 heterocycles. The lowest BCUT2D eigenvalue weighted by Gasteiger charge is -2.50. The third-order valence-corrected chi connectivity index (χ3v) is 6.29. The van der Waals surface area contributed by atoms with E-state index in [9.17, 15) is 0 Å². The Balaban J connectivity index is 1.28. The highest BCUT2D eigenvalue weighted by molar-refractivity contribution is 7.10. The van der Waals surface area contributed by atoms with E-state index in [1.807, 2.05) is 11.3 Å². The second kappa shape index (κ2) is 5.65. The van der Waals surface area contributed by atoms with Gasteiger partial charge in [-0.15, -0.1) is 11.3 Å². The van der Waals surface area contributed by atoms with Crippen LogP contribution in [0.1, 0.15) is 29.7 Å². The molecule has 3 nitrogen and oxygen atoms in total. The van der Waals surface area contributed by atoms with E-state index in [2.05, 4.69) is 23.3 Å². The zero-order chi connectivity index (χ0) is 14.3. The van der Waals surface area contributed by atoms with Crippen LogP contribution in [0.15, 0.2) is 11.4 Å². The molecule has 2 aliphatic heterocycles. The van der Waals surface area contributed by atoms with Gasteiger partial charge >= 0.3 is 0 Å². The lowest BCUT2D eigenvalue weighted by molar-refractivity contribution is -0.145. The molecule has 1 aliphatic carbocycles. The average Bonchev–Trinajstić information content (AvgIpc) is 3.02. The molecular formula is C17H25NO2S. The second-order valence-corrected chi connectivity index (χ2v) is 8.05. The molecule has 4 rings (SSSR count). The summed E-state index contributed by atoms with van der Waals surface area (Å²) >= 11 is 1.88. The van der Waals surface area contributed by atoms with E-state index in [0.29, 0.717) is 5.92 Å². The molecule has 4 heteroatoms. The maximum atomic E-state index is 6.12. The first kappa shape index (κ1) is 14.2. The predicted octanol–water partition coefficient (Wildman–Crippen LogP) is 3.07. The van der Waals surface area contributed by atoms with Gasteiger partial charge in [-0.05, 0) is 49.1 Å². The Morgan fingerprint density at radius 2 is 2.19 bits per heavy atom. The number of hydrogen-bond acceptors (Lipinski definition) is 4. The van der Waals surface area contributed by atoms with Crippen molar-refractivity contribution < 1.29 is 9.47 Å². The van der Waals surface area contributed by atoms with Crippen LogP contribution >= 0.6 is 11.3 Å². The third-order valence-electron chi connectivity index (χ3n) is 5.29. The number of nitrogens with zero attached hydrogens (tertiary/aromatic N) is 1. The molecule has 0 amide bonds. The summed E-state index contributed by atoms with van der Waals surface area (Å²) in [6.45, 7) is 8.27. The van der Waals surface area contributed by atoms with E-state index in [1.54, 1.807) is 0 Å². The van der Waals surface area contributed by atoms with Crippen LogP contribution in [0.25, 0.3) is 0 Å². The Labute approximate surface area is 131 Å². The number of ether oxygens (including phenoxy) is 2. The van der Waals surface area contributed by atoms with E-state index >= 15 is 0 Å². The highest BCUT2D eigenvalue weighted by Gasteiger charge is 2.52. The first-order valence-electron chi connectivity index (χ1n) is 8.22. The van der Waals surface area contributed by atoms with Crippen molar-refractivity contribution in [2.24, 2.45) is 11.8 Å². The first-order chi connectivity index (χ1) is 10.3. The molecule has 3 aliphatic rings. The molecule has 3 fully saturated rings. The van der Waals surface area contributed by atoms with Gasteiger partial charge in [0.15, 0.2) is 0 Å². The fraction of sp³-hybridized carbons (Fsp3) is 0.765. The lowest BCUT2D eigenvalue weighted by Crippen LogP contribution is -2.64. The van der Waals surface area contributed by atoms with Gasteiger partial charge in [0.25, 0.3) is 0 Å². The van der Waals surface area contributed by atoms with Crippen LogP contribution in [0, 0.1) is 18.8 Å². The van der Waals surface area contributed by atoms with Crippen molar-refractivity contribution in [1.82, 2.24) is 4.90 Å². The van der Waals surface area contributed by atoms with Crippen molar-refractivity contribution in [3.05, 3.63) is 21.9 Å². The molecule has 0 unspecified atom stereocenters. The monoisotopic (exact) mass is 307 g/mol. The highest BCUT2D eigenvalue weighted by Crippen LogP contribution is 2.41. The van der Waals surface area contributed by atoms with Crippen LogP contribution in [0.4, 0.5) is 0 Å². The van der Waals surface area contributed by atoms with Crippen molar-refractivity contribution in [3.63, 3.8) is 0 Å². The van der Waals surface area contributed by atoms with E-state index in [1.165, 1.54) is 29.7 Å². The summed E-state index contributed by atoms with van der Waals surface area (Å²) in [7, 11) is 0. The van der Waals surface area contributed by atoms with E-state index in [4.69, 9.17) is 9.47 Å². The molecule has 1 aromatic heterocycles. The zero-order valence-corrected chi connectivity index (χ0v) is 13.7. The number of aryl methyl sites for hydroxylation is 1. The quantitative estimate of drug-likeness (QED) is 0.806. The Hall–Kier alpha value is -0.420. The van der Waals surface area contributed by atoms with Gasteiger partial charge in [0, 0.05) is 43.6 Å². The average molecular weight is 307 g/mol. The van der Waals surface area contributed by atoms with Crippen molar-refractivity contribution in [1.29, 1.82) is 0 Å². The van der Waals surface area contributed by atoms with E-state index < -0.39 is 0 Å². The van der Waals surface area contributed by atoms with E-state index in [-0.39, 0.29) is 5.60 Å². The van der Waals surface area contributed by atoms with Crippen LogP contribution < -0.4 is 0 Å².